The molecule has 5 nitrogen and oxygen atoms in total. The molecular weight excluding hydrogens is 232 g/mol. The zero-order chi connectivity index (χ0) is 12.8. The monoisotopic (exact) mass is 248 g/mol. The maximum Gasteiger partial charge on any atom is 0.249 e. The van der Waals surface area contributed by atoms with E-state index in [0.29, 0.717) is 5.56 Å². The SMILES string of the molecule is C1COCCO1.NC(=O)c1cccc2[nH]ccc12. The van der Waals surface area contributed by atoms with Gasteiger partial charge in [0.25, 0.3) is 0 Å². The smallest absolute Gasteiger partial charge is 0.249 e. The van der Waals surface area contributed by atoms with E-state index in [0.717, 1.165) is 37.3 Å². The fraction of sp³-hybridized carbons (Fsp3) is 0.308. The summed E-state index contributed by atoms with van der Waals surface area (Å²) in [5.41, 5.74) is 6.69. The van der Waals surface area contributed by atoms with Crippen LogP contribution in [-0.4, -0.2) is 37.3 Å². The highest BCUT2D eigenvalue weighted by Crippen LogP contribution is 2.16. The average Bonchev–Trinajstić information content (AvgIpc) is 2.89. The zero-order valence-electron chi connectivity index (χ0n) is 10.0. The van der Waals surface area contributed by atoms with Gasteiger partial charge in [-0.2, -0.15) is 0 Å². The van der Waals surface area contributed by atoms with Crippen molar-refractivity contribution in [2.24, 2.45) is 5.73 Å². The lowest BCUT2D eigenvalue weighted by Crippen LogP contribution is -2.16. The molecule has 1 aliphatic heterocycles. The van der Waals surface area contributed by atoms with Crippen LogP contribution < -0.4 is 5.73 Å². The van der Waals surface area contributed by atoms with Gasteiger partial charge >= 0.3 is 0 Å². The lowest BCUT2D eigenvalue weighted by atomic mass is 10.1. The number of amides is 1. The molecule has 1 aliphatic rings. The predicted octanol–water partition coefficient (Wildman–Crippen LogP) is 1.30. The van der Waals surface area contributed by atoms with E-state index < -0.39 is 0 Å². The highest BCUT2D eigenvalue weighted by atomic mass is 16.6. The van der Waals surface area contributed by atoms with Gasteiger partial charge in [-0.25, -0.2) is 0 Å². The maximum atomic E-state index is 10.9. The zero-order valence-corrected chi connectivity index (χ0v) is 10.0. The van der Waals surface area contributed by atoms with Crippen molar-refractivity contribution < 1.29 is 14.3 Å². The largest absolute Gasteiger partial charge is 0.377 e. The van der Waals surface area contributed by atoms with E-state index >= 15 is 0 Å². The normalized spacial score (nSPS) is 14.9. The summed E-state index contributed by atoms with van der Waals surface area (Å²) in [6, 6.07) is 7.27. The number of rotatable bonds is 1. The molecule has 0 radical (unpaired) electrons. The summed E-state index contributed by atoms with van der Waals surface area (Å²) in [4.78, 5) is 13.9. The minimum absolute atomic E-state index is 0.389. The number of primary amides is 1. The van der Waals surface area contributed by atoms with Crippen molar-refractivity contribution in [1.82, 2.24) is 4.98 Å². The molecule has 1 saturated heterocycles. The number of hydrogen-bond donors (Lipinski definition) is 2. The second-order valence-electron chi connectivity index (χ2n) is 3.83. The molecule has 2 aromatic rings. The van der Waals surface area contributed by atoms with Crippen molar-refractivity contribution in [1.29, 1.82) is 0 Å². The Bertz CT molecular complexity index is 506. The first kappa shape index (κ1) is 12.6. The minimum Gasteiger partial charge on any atom is -0.377 e. The molecule has 1 aromatic carbocycles. The van der Waals surface area contributed by atoms with E-state index in [1.165, 1.54) is 0 Å². The topological polar surface area (TPSA) is 77.3 Å². The van der Waals surface area contributed by atoms with Crippen LogP contribution in [0.5, 0.6) is 0 Å². The third kappa shape index (κ3) is 3.09. The number of hydrogen-bond acceptors (Lipinski definition) is 3. The molecule has 1 aromatic heterocycles. The first-order chi connectivity index (χ1) is 8.79. The molecule has 0 aliphatic carbocycles. The summed E-state index contributed by atoms with van der Waals surface area (Å²) in [6.45, 7) is 3.11. The van der Waals surface area contributed by atoms with E-state index in [4.69, 9.17) is 15.2 Å². The van der Waals surface area contributed by atoms with Crippen LogP contribution in [0.3, 0.4) is 0 Å². The number of nitrogens with two attached hydrogens (primary N) is 1. The molecule has 0 atom stereocenters. The third-order valence-electron chi connectivity index (χ3n) is 2.60. The lowest BCUT2D eigenvalue weighted by Gasteiger charge is -2.09. The molecule has 1 fully saturated rings. The Labute approximate surface area is 105 Å². The summed E-state index contributed by atoms with van der Waals surface area (Å²) in [6.07, 6.45) is 1.79. The molecule has 0 bridgehead atoms. The minimum atomic E-state index is -0.389. The molecule has 5 heteroatoms. The van der Waals surface area contributed by atoms with Crippen molar-refractivity contribution in [2.45, 2.75) is 0 Å². The summed E-state index contributed by atoms with van der Waals surface area (Å²) < 4.78 is 9.89. The van der Waals surface area contributed by atoms with E-state index in [1.807, 2.05) is 12.1 Å². The van der Waals surface area contributed by atoms with E-state index in [1.54, 1.807) is 18.3 Å². The molecular formula is C13H16N2O3. The number of H-pyrrole nitrogens is 1. The van der Waals surface area contributed by atoms with Gasteiger partial charge in [0.1, 0.15) is 0 Å². The van der Waals surface area contributed by atoms with Crippen LogP contribution in [0.25, 0.3) is 10.9 Å². The van der Waals surface area contributed by atoms with Gasteiger partial charge in [0.15, 0.2) is 0 Å². The van der Waals surface area contributed by atoms with Crippen molar-refractivity contribution in [3.8, 4) is 0 Å². The quantitative estimate of drug-likeness (QED) is 0.798. The Morgan fingerprint density at radius 2 is 1.78 bits per heavy atom. The van der Waals surface area contributed by atoms with Crippen LogP contribution in [-0.2, 0) is 9.47 Å². The van der Waals surface area contributed by atoms with E-state index in [2.05, 4.69) is 4.98 Å². The number of ether oxygens (including phenoxy) is 2. The van der Waals surface area contributed by atoms with Crippen molar-refractivity contribution in [3.05, 3.63) is 36.0 Å². The van der Waals surface area contributed by atoms with Crippen LogP contribution >= 0.6 is 0 Å². The Morgan fingerprint density at radius 1 is 1.11 bits per heavy atom. The van der Waals surface area contributed by atoms with Crippen LogP contribution in [0.4, 0.5) is 0 Å². The number of aromatic amines is 1. The average molecular weight is 248 g/mol. The van der Waals surface area contributed by atoms with Gasteiger partial charge in [-0.05, 0) is 18.2 Å². The highest BCUT2D eigenvalue weighted by molar-refractivity contribution is 6.05. The predicted molar refractivity (Wildman–Crippen MR) is 68.5 cm³/mol. The fourth-order valence-electron chi connectivity index (χ4n) is 1.74. The molecule has 96 valence electrons. The molecule has 3 N–H and O–H groups in total. The number of carbonyl (C=O) groups is 1. The summed E-state index contributed by atoms with van der Waals surface area (Å²) in [5.74, 6) is -0.389. The first-order valence-electron chi connectivity index (χ1n) is 5.80. The van der Waals surface area contributed by atoms with Gasteiger partial charge in [0, 0.05) is 22.7 Å². The summed E-state index contributed by atoms with van der Waals surface area (Å²) in [5, 5.41) is 0.880. The van der Waals surface area contributed by atoms with Crippen LogP contribution in [0, 0.1) is 0 Å². The van der Waals surface area contributed by atoms with Gasteiger partial charge in [-0.3, -0.25) is 4.79 Å². The van der Waals surface area contributed by atoms with Crippen LogP contribution in [0.15, 0.2) is 30.5 Å². The number of fused-ring (bicyclic) bond motifs is 1. The number of benzene rings is 1. The molecule has 18 heavy (non-hydrogen) atoms. The van der Waals surface area contributed by atoms with Gasteiger partial charge in [0.05, 0.1) is 26.4 Å². The Balaban J connectivity index is 0.000000169. The number of aromatic nitrogens is 1. The molecule has 0 unspecified atom stereocenters. The highest BCUT2D eigenvalue weighted by Gasteiger charge is 2.05. The van der Waals surface area contributed by atoms with Gasteiger partial charge in [-0.1, -0.05) is 6.07 Å². The lowest BCUT2D eigenvalue weighted by molar-refractivity contribution is -0.0334. The van der Waals surface area contributed by atoms with Gasteiger partial charge in [0.2, 0.25) is 5.91 Å². The summed E-state index contributed by atoms with van der Waals surface area (Å²) in [7, 11) is 0. The van der Waals surface area contributed by atoms with Crippen molar-refractivity contribution in [3.63, 3.8) is 0 Å². The van der Waals surface area contributed by atoms with E-state index in [-0.39, 0.29) is 5.91 Å². The Kier molecular flexibility index (Phi) is 4.33. The van der Waals surface area contributed by atoms with E-state index in [9.17, 15) is 4.79 Å². The first-order valence-corrected chi connectivity index (χ1v) is 5.80. The number of nitrogens with one attached hydrogen (secondary N) is 1. The standard InChI is InChI=1S/C9H8N2O.C4H8O2/c10-9(12)7-2-1-3-8-6(7)4-5-11-8;1-2-6-4-3-5-1/h1-5,11H,(H2,10,12);1-4H2. The van der Waals surface area contributed by atoms with Gasteiger partial charge < -0.3 is 20.2 Å². The third-order valence-corrected chi connectivity index (χ3v) is 2.60. The maximum absolute atomic E-state index is 10.9. The summed E-state index contributed by atoms with van der Waals surface area (Å²) >= 11 is 0. The second-order valence-corrected chi connectivity index (χ2v) is 3.83. The Hall–Kier alpha value is -1.85. The Morgan fingerprint density at radius 3 is 2.33 bits per heavy atom. The van der Waals surface area contributed by atoms with Gasteiger partial charge in [-0.15, -0.1) is 0 Å². The number of carbonyl (C=O) groups excluding carboxylic acids is 1. The van der Waals surface area contributed by atoms with Crippen molar-refractivity contribution in [2.75, 3.05) is 26.4 Å². The molecule has 0 saturated carbocycles. The molecule has 0 spiro atoms. The van der Waals surface area contributed by atoms with Crippen LogP contribution in [0.2, 0.25) is 0 Å². The molecule has 2 heterocycles. The molecule has 3 rings (SSSR count). The van der Waals surface area contributed by atoms with Crippen molar-refractivity contribution >= 4 is 16.8 Å². The fourth-order valence-corrected chi connectivity index (χ4v) is 1.74. The molecule has 1 amide bonds. The van der Waals surface area contributed by atoms with Crippen LogP contribution in [0.1, 0.15) is 10.4 Å². The second kappa shape index (κ2) is 6.18.